The Bertz CT molecular complexity index is 448. The smallest absolute Gasteiger partial charge is 0.142 e. The van der Waals surface area contributed by atoms with Crippen LogP contribution in [0, 0.1) is 0 Å². The molecule has 3 nitrogen and oxygen atoms in total. The van der Waals surface area contributed by atoms with Gasteiger partial charge in [-0.05, 0) is 12.1 Å². The van der Waals surface area contributed by atoms with Crippen molar-refractivity contribution in [3.63, 3.8) is 0 Å². The van der Waals surface area contributed by atoms with Crippen LogP contribution in [0.2, 0.25) is 0 Å². The molecule has 70 valence electrons. The molecular weight excluding hydrogens is 176 g/mol. The molecule has 1 heterocycles. The van der Waals surface area contributed by atoms with Gasteiger partial charge in [0, 0.05) is 23.9 Å². The fourth-order valence-electron chi connectivity index (χ4n) is 1.41. The quantitative estimate of drug-likeness (QED) is 0.544. The lowest BCUT2D eigenvalue weighted by molar-refractivity contribution is 0.134. The minimum atomic E-state index is 0.437. The molecule has 0 fully saturated rings. The second kappa shape index (κ2) is 3.87. The molecule has 14 heavy (non-hydrogen) atoms. The van der Waals surface area contributed by atoms with Crippen molar-refractivity contribution in [3.05, 3.63) is 42.1 Å². The summed E-state index contributed by atoms with van der Waals surface area (Å²) in [5.41, 5.74) is 2.04. The zero-order valence-electron chi connectivity index (χ0n) is 7.68. The first kappa shape index (κ1) is 8.69. The molecule has 2 aromatic rings. The number of aromatic nitrogens is 1. The van der Waals surface area contributed by atoms with Gasteiger partial charge >= 0.3 is 0 Å². The van der Waals surface area contributed by atoms with Crippen molar-refractivity contribution in [2.75, 3.05) is 0 Å². The van der Waals surface area contributed by atoms with Crippen molar-refractivity contribution in [2.24, 2.45) is 5.16 Å². The van der Waals surface area contributed by atoms with Crippen molar-refractivity contribution < 1.29 is 4.84 Å². The summed E-state index contributed by atoms with van der Waals surface area (Å²) in [6.07, 6.45) is 1.78. The van der Waals surface area contributed by atoms with E-state index in [1.807, 2.05) is 30.3 Å². The molecule has 1 aromatic heterocycles. The SMILES string of the molecule is C=NOCc1cccc2ncccc12. The van der Waals surface area contributed by atoms with Gasteiger partial charge in [-0.3, -0.25) is 4.98 Å². The summed E-state index contributed by atoms with van der Waals surface area (Å²) in [7, 11) is 0. The molecular formula is C11H10N2O. The van der Waals surface area contributed by atoms with Crippen molar-refractivity contribution in [1.82, 2.24) is 4.98 Å². The maximum absolute atomic E-state index is 4.91. The predicted molar refractivity (Wildman–Crippen MR) is 56.1 cm³/mol. The zero-order valence-corrected chi connectivity index (χ0v) is 7.68. The van der Waals surface area contributed by atoms with Crippen molar-refractivity contribution in [2.45, 2.75) is 6.61 Å². The van der Waals surface area contributed by atoms with Gasteiger partial charge in [0.05, 0.1) is 5.52 Å². The second-order valence-electron chi connectivity index (χ2n) is 2.89. The summed E-state index contributed by atoms with van der Waals surface area (Å²) in [5, 5.41) is 4.46. The molecule has 0 aliphatic rings. The average molecular weight is 186 g/mol. The highest BCUT2D eigenvalue weighted by Crippen LogP contribution is 2.16. The van der Waals surface area contributed by atoms with Crippen molar-refractivity contribution in [1.29, 1.82) is 0 Å². The van der Waals surface area contributed by atoms with E-state index in [9.17, 15) is 0 Å². The third-order valence-electron chi connectivity index (χ3n) is 2.05. The Morgan fingerprint density at radius 3 is 3.07 bits per heavy atom. The molecule has 0 aliphatic carbocycles. The van der Waals surface area contributed by atoms with Gasteiger partial charge in [-0.25, -0.2) is 0 Å². The minimum absolute atomic E-state index is 0.437. The highest BCUT2D eigenvalue weighted by molar-refractivity contribution is 5.81. The standard InChI is InChI=1S/C11H10N2O/c1-12-14-8-9-4-2-6-11-10(9)5-3-7-13-11/h2-7H,1,8H2. The topological polar surface area (TPSA) is 34.5 Å². The van der Waals surface area contributed by atoms with E-state index in [0.717, 1.165) is 16.5 Å². The van der Waals surface area contributed by atoms with Crippen LogP contribution in [0.3, 0.4) is 0 Å². The van der Waals surface area contributed by atoms with Gasteiger partial charge in [-0.1, -0.05) is 18.2 Å². The summed E-state index contributed by atoms with van der Waals surface area (Å²) < 4.78 is 0. The number of fused-ring (bicyclic) bond motifs is 1. The number of nitrogens with zero attached hydrogens (tertiary/aromatic N) is 2. The summed E-state index contributed by atoms with van der Waals surface area (Å²) in [4.78, 5) is 9.16. The van der Waals surface area contributed by atoms with E-state index in [1.54, 1.807) is 6.20 Å². The summed E-state index contributed by atoms with van der Waals surface area (Å²) in [5.74, 6) is 0. The zero-order chi connectivity index (χ0) is 9.80. The fourth-order valence-corrected chi connectivity index (χ4v) is 1.41. The molecule has 0 saturated heterocycles. The Kier molecular flexibility index (Phi) is 2.40. The Morgan fingerprint density at radius 1 is 1.29 bits per heavy atom. The van der Waals surface area contributed by atoms with Crippen LogP contribution >= 0.6 is 0 Å². The number of benzene rings is 1. The van der Waals surface area contributed by atoms with E-state index in [4.69, 9.17) is 4.84 Å². The number of rotatable bonds is 3. The molecule has 2 rings (SSSR count). The summed E-state index contributed by atoms with van der Waals surface area (Å²) in [6.45, 7) is 3.71. The Balaban J connectivity index is 2.48. The van der Waals surface area contributed by atoms with Crippen LogP contribution in [0.15, 0.2) is 41.7 Å². The average Bonchev–Trinajstić information content (AvgIpc) is 2.26. The molecule has 0 radical (unpaired) electrons. The molecule has 0 unspecified atom stereocenters. The molecule has 0 bridgehead atoms. The van der Waals surface area contributed by atoms with Gasteiger partial charge < -0.3 is 4.84 Å². The molecule has 0 saturated carbocycles. The van der Waals surface area contributed by atoms with E-state index in [1.165, 1.54) is 0 Å². The maximum atomic E-state index is 4.91. The summed E-state index contributed by atoms with van der Waals surface area (Å²) in [6, 6.07) is 9.85. The lowest BCUT2D eigenvalue weighted by Crippen LogP contribution is -1.89. The Labute approximate surface area is 82.0 Å². The Morgan fingerprint density at radius 2 is 2.21 bits per heavy atom. The lowest BCUT2D eigenvalue weighted by Gasteiger charge is -2.03. The molecule has 0 amide bonds. The molecule has 3 heteroatoms. The van der Waals surface area contributed by atoms with Gasteiger partial charge in [0.2, 0.25) is 0 Å². The third-order valence-corrected chi connectivity index (χ3v) is 2.05. The monoisotopic (exact) mass is 186 g/mol. The van der Waals surface area contributed by atoms with Crippen LogP contribution in [-0.4, -0.2) is 11.7 Å². The van der Waals surface area contributed by atoms with E-state index >= 15 is 0 Å². The van der Waals surface area contributed by atoms with Crippen LogP contribution in [0.5, 0.6) is 0 Å². The summed E-state index contributed by atoms with van der Waals surface area (Å²) >= 11 is 0. The van der Waals surface area contributed by atoms with Crippen LogP contribution in [0.1, 0.15) is 5.56 Å². The van der Waals surface area contributed by atoms with Gasteiger partial charge in [0.1, 0.15) is 6.61 Å². The number of hydrogen-bond acceptors (Lipinski definition) is 3. The third kappa shape index (κ3) is 1.57. The first-order valence-corrected chi connectivity index (χ1v) is 4.32. The van der Waals surface area contributed by atoms with Crippen LogP contribution < -0.4 is 0 Å². The fraction of sp³-hybridized carbons (Fsp3) is 0.0909. The molecule has 1 aromatic carbocycles. The van der Waals surface area contributed by atoms with E-state index < -0.39 is 0 Å². The molecule has 0 N–H and O–H groups in total. The highest BCUT2D eigenvalue weighted by atomic mass is 16.6. The van der Waals surface area contributed by atoms with Gasteiger partial charge in [-0.15, -0.1) is 5.16 Å². The molecule has 0 atom stereocenters. The number of hydrogen-bond donors (Lipinski definition) is 0. The molecule has 0 spiro atoms. The van der Waals surface area contributed by atoms with E-state index in [-0.39, 0.29) is 0 Å². The van der Waals surface area contributed by atoms with Crippen LogP contribution in [0.25, 0.3) is 10.9 Å². The first-order chi connectivity index (χ1) is 6.92. The highest BCUT2D eigenvalue weighted by Gasteiger charge is 2.00. The number of pyridine rings is 1. The van der Waals surface area contributed by atoms with Crippen molar-refractivity contribution >= 4 is 17.6 Å². The molecule has 0 aliphatic heterocycles. The Hall–Kier alpha value is -1.90. The predicted octanol–water partition coefficient (Wildman–Crippen LogP) is 2.37. The lowest BCUT2D eigenvalue weighted by atomic mass is 10.1. The van der Waals surface area contributed by atoms with Crippen LogP contribution in [0.4, 0.5) is 0 Å². The largest absolute Gasteiger partial charge is 0.391 e. The van der Waals surface area contributed by atoms with Gasteiger partial charge in [0.15, 0.2) is 0 Å². The van der Waals surface area contributed by atoms with Crippen LogP contribution in [-0.2, 0) is 11.4 Å². The first-order valence-electron chi connectivity index (χ1n) is 4.32. The van der Waals surface area contributed by atoms with E-state index in [0.29, 0.717) is 6.61 Å². The number of oxime groups is 1. The minimum Gasteiger partial charge on any atom is -0.391 e. The van der Waals surface area contributed by atoms with Crippen molar-refractivity contribution in [3.8, 4) is 0 Å². The normalized spacial score (nSPS) is 10.0. The maximum Gasteiger partial charge on any atom is 0.142 e. The van der Waals surface area contributed by atoms with Gasteiger partial charge in [0.25, 0.3) is 0 Å². The second-order valence-corrected chi connectivity index (χ2v) is 2.89. The van der Waals surface area contributed by atoms with Gasteiger partial charge in [-0.2, -0.15) is 0 Å². The van der Waals surface area contributed by atoms with E-state index in [2.05, 4.69) is 16.9 Å².